The lowest BCUT2D eigenvalue weighted by Gasteiger charge is -2.09. The van der Waals surface area contributed by atoms with Gasteiger partial charge in [-0.2, -0.15) is 4.98 Å². The van der Waals surface area contributed by atoms with Gasteiger partial charge in [-0.1, -0.05) is 15.9 Å². The van der Waals surface area contributed by atoms with Crippen molar-refractivity contribution in [3.8, 4) is 0 Å². The van der Waals surface area contributed by atoms with Crippen molar-refractivity contribution < 1.29 is 8.42 Å². The summed E-state index contributed by atoms with van der Waals surface area (Å²) in [4.78, 5) is 7.37. The molecule has 3 N–H and O–H groups in total. The van der Waals surface area contributed by atoms with Crippen molar-refractivity contribution in [3.63, 3.8) is 0 Å². The molecule has 0 radical (unpaired) electrons. The van der Waals surface area contributed by atoms with E-state index in [4.69, 9.17) is 17.3 Å². The highest BCUT2D eigenvalue weighted by Crippen LogP contribution is 2.24. The first kappa shape index (κ1) is 14.0. The van der Waals surface area contributed by atoms with Crippen LogP contribution < -0.4 is 10.5 Å². The van der Waals surface area contributed by atoms with Gasteiger partial charge >= 0.3 is 0 Å². The van der Waals surface area contributed by atoms with Gasteiger partial charge < -0.3 is 5.73 Å². The second-order valence-corrected chi connectivity index (χ2v) is 6.40. The Bertz CT molecular complexity index is 723. The molecule has 0 aliphatic rings. The number of hydrogen-bond donors (Lipinski definition) is 2. The number of sulfonamides is 1. The van der Waals surface area contributed by atoms with Gasteiger partial charge in [-0.15, -0.1) is 0 Å². The quantitative estimate of drug-likeness (QED) is 0.644. The van der Waals surface area contributed by atoms with Crippen molar-refractivity contribution in [1.82, 2.24) is 9.97 Å². The summed E-state index contributed by atoms with van der Waals surface area (Å²) >= 11 is 8.79. The van der Waals surface area contributed by atoms with Crippen LogP contribution in [0.4, 0.5) is 11.5 Å². The maximum Gasteiger partial charge on any atom is 0.265 e. The number of aromatic nitrogens is 2. The Kier molecular flexibility index (Phi) is 3.93. The molecule has 2 aromatic rings. The summed E-state index contributed by atoms with van der Waals surface area (Å²) in [7, 11) is -3.82. The first-order chi connectivity index (χ1) is 8.88. The number of nitrogens with zero attached hydrogens (tertiary/aromatic N) is 2. The van der Waals surface area contributed by atoms with Gasteiger partial charge in [0.1, 0.15) is 10.7 Å². The number of nitrogen functional groups attached to an aromatic ring is 1. The molecule has 1 aromatic heterocycles. The van der Waals surface area contributed by atoms with E-state index in [0.717, 1.165) is 0 Å². The van der Waals surface area contributed by atoms with Crippen molar-refractivity contribution in [3.05, 3.63) is 40.2 Å². The van der Waals surface area contributed by atoms with E-state index >= 15 is 0 Å². The van der Waals surface area contributed by atoms with Crippen LogP contribution in [0.3, 0.4) is 0 Å². The molecule has 0 unspecified atom stereocenters. The second kappa shape index (κ2) is 5.32. The van der Waals surface area contributed by atoms with Gasteiger partial charge in [-0.25, -0.2) is 13.4 Å². The molecule has 0 saturated heterocycles. The summed E-state index contributed by atoms with van der Waals surface area (Å²) in [6.07, 6.45) is 1.35. The third kappa shape index (κ3) is 3.34. The average molecular weight is 364 g/mol. The zero-order chi connectivity index (χ0) is 14.0. The van der Waals surface area contributed by atoms with Gasteiger partial charge in [-0.05, 0) is 35.9 Å². The first-order valence-corrected chi connectivity index (χ1v) is 7.60. The maximum atomic E-state index is 12.1. The minimum atomic E-state index is -3.82. The Morgan fingerprint density at radius 2 is 2.05 bits per heavy atom. The molecule has 100 valence electrons. The van der Waals surface area contributed by atoms with Gasteiger partial charge in [0.15, 0.2) is 0 Å². The Balaban J connectivity index is 2.38. The van der Waals surface area contributed by atoms with Crippen molar-refractivity contribution >= 4 is 49.1 Å². The standard InChI is InChI=1S/C10H8BrClN4O2S/c11-6-1-2-8(7(13)5-6)19(17,18)16-9-3-4-14-10(12)15-9/h1-5H,13H2,(H,14,15,16). The van der Waals surface area contributed by atoms with Crippen LogP contribution in [0, 0.1) is 0 Å². The SMILES string of the molecule is Nc1cc(Br)ccc1S(=O)(=O)Nc1ccnc(Cl)n1. The number of nitrogens with two attached hydrogens (primary N) is 1. The third-order valence-electron chi connectivity index (χ3n) is 2.13. The van der Waals surface area contributed by atoms with E-state index in [-0.39, 0.29) is 21.7 Å². The summed E-state index contributed by atoms with van der Waals surface area (Å²) in [5, 5.41) is -0.0519. The summed E-state index contributed by atoms with van der Waals surface area (Å²) in [5.74, 6) is 0.0716. The maximum absolute atomic E-state index is 12.1. The monoisotopic (exact) mass is 362 g/mol. The van der Waals surface area contributed by atoms with Crippen LogP contribution in [-0.4, -0.2) is 18.4 Å². The lowest BCUT2D eigenvalue weighted by Crippen LogP contribution is -2.15. The predicted octanol–water partition coefficient (Wildman–Crippen LogP) is 2.28. The Labute approximate surface area is 123 Å². The lowest BCUT2D eigenvalue weighted by atomic mass is 10.3. The molecule has 1 aromatic carbocycles. The first-order valence-electron chi connectivity index (χ1n) is 4.95. The van der Waals surface area contributed by atoms with Crippen LogP contribution in [0.2, 0.25) is 5.28 Å². The zero-order valence-electron chi connectivity index (χ0n) is 9.34. The van der Waals surface area contributed by atoms with Crippen molar-refractivity contribution in [2.24, 2.45) is 0 Å². The number of hydrogen-bond acceptors (Lipinski definition) is 5. The summed E-state index contributed by atoms with van der Waals surface area (Å²) in [6, 6.07) is 5.86. The molecule has 0 saturated carbocycles. The van der Waals surface area contributed by atoms with E-state index in [1.165, 1.54) is 24.4 Å². The van der Waals surface area contributed by atoms with Crippen LogP contribution in [0.15, 0.2) is 39.8 Å². The third-order valence-corrected chi connectivity index (χ3v) is 4.23. The number of halogens is 2. The van der Waals surface area contributed by atoms with Crippen molar-refractivity contribution in [2.45, 2.75) is 4.90 Å². The molecular formula is C10H8BrClN4O2S. The van der Waals surface area contributed by atoms with Gasteiger partial charge in [0.25, 0.3) is 10.0 Å². The summed E-state index contributed by atoms with van der Waals surface area (Å²) < 4.78 is 27.2. The highest BCUT2D eigenvalue weighted by molar-refractivity contribution is 9.10. The number of nitrogens with one attached hydrogen (secondary N) is 1. The average Bonchev–Trinajstić information content (AvgIpc) is 2.27. The summed E-state index contributed by atoms with van der Waals surface area (Å²) in [5.41, 5.74) is 5.81. The van der Waals surface area contributed by atoms with Gasteiger partial charge in [-0.3, -0.25) is 4.72 Å². The van der Waals surface area contributed by atoms with Gasteiger partial charge in [0, 0.05) is 10.7 Å². The second-order valence-electron chi connectivity index (χ2n) is 3.50. The molecule has 0 amide bonds. The number of anilines is 2. The van der Waals surface area contributed by atoms with Gasteiger partial charge in [0.05, 0.1) is 5.69 Å². The van der Waals surface area contributed by atoms with E-state index in [2.05, 4.69) is 30.6 Å². The van der Waals surface area contributed by atoms with Crippen molar-refractivity contribution in [2.75, 3.05) is 10.5 Å². The van der Waals surface area contributed by atoms with E-state index in [9.17, 15) is 8.42 Å². The molecule has 19 heavy (non-hydrogen) atoms. The molecule has 9 heteroatoms. The smallest absolute Gasteiger partial charge is 0.265 e. The Morgan fingerprint density at radius 3 is 2.68 bits per heavy atom. The number of benzene rings is 1. The fraction of sp³-hybridized carbons (Fsp3) is 0. The predicted molar refractivity (Wildman–Crippen MR) is 76.4 cm³/mol. The lowest BCUT2D eigenvalue weighted by molar-refractivity contribution is 0.601. The molecule has 0 aliphatic carbocycles. The molecule has 1 heterocycles. The highest BCUT2D eigenvalue weighted by Gasteiger charge is 2.18. The fourth-order valence-electron chi connectivity index (χ4n) is 1.35. The van der Waals surface area contributed by atoms with Crippen molar-refractivity contribution in [1.29, 1.82) is 0 Å². The molecule has 0 fully saturated rings. The zero-order valence-corrected chi connectivity index (χ0v) is 12.5. The Morgan fingerprint density at radius 1 is 1.32 bits per heavy atom. The molecular weight excluding hydrogens is 356 g/mol. The molecule has 2 rings (SSSR count). The fourth-order valence-corrected chi connectivity index (χ4v) is 2.99. The topological polar surface area (TPSA) is 98.0 Å². The molecule has 0 aliphatic heterocycles. The van der Waals surface area contributed by atoms with E-state index in [1.807, 2.05) is 0 Å². The van der Waals surface area contributed by atoms with E-state index < -0.39 is 10.0 Å². The highest BCUT2D eigenvalue weighted by atomic mass is 79.9. The normalized spacial score (nSPS) is 11.3. The minimum absolute atomic E-state index is 0.0366. The van der Waals surface area contributed by atoms with Crippen LogP contribution >= 0.6 is 27.5 Å². The van der Waals surface area contributed by atoms with Crippen LogP contribution in [-0.2, 0) is 10.0 Å². The van der Waals surface area contributed by atoms with Crippen LogP contribution in [0.1, 0.15) is 0 Å². The Hall–Kier alpha value is -1.38. The summed E-state index contributed by atoms with van der Waals surface area (Å²) in [6.45, 7) is 0. The van der Waals surface area contributed by atoms with Gasteiger partial charge in [0.2, 0.25) is 5.28 Å². The molecule has 6 nitrogen and oxygen atoms in total. The number of rotatable bonds is 3. The van der Waals surface area contributed by atoms with Crippen LogP contribution in [0.5, 0.6) is 0 Å². The largest absolute Gasteiger partial charge is 0.398 e. The molecule has 0 atom stereocenters. The van der Waals surface area contributed by atoms with Crippen LogP contribution in [0.25, 0.3) is 0 Å². The molecule has 0 bridgehead atoms. The molecule has 0 spiro atoms. The van der Waals surface area contributed by atoms with E-state index in [1.54, 1.807) is 6.07 Å². The van der Waals surface area contributed by atoms with E-state index in [0.29, 0.717) is 4.47 Å². The minimum Gasteiger partial charge on any atom is -0.398 e.